The fraction of sp³-hybridized carbons (Fsp3) is 0.312. The molecule has 4 rings (SSSR count). The van der Waals surface area contributed by atoms with Crippen molar-refractivity contribution in [3.05, 3.63) is 42.5 Å². The maximum atomic E-state index is 4.77. The number of hydrogen-bond acceptors (Lipinski definition) is 5. The van der Waals surface area contributed by atoms with Crippen LogP contribution in [0.15, 0.2) is 36.8 Å². The van der Waals surface area contributed by atoms with Gasteiger partial charge in [-0.15, -0.1) is 0 Å². The SMILES string of the molecule is Cc1ncc(NC2CCNC2)nc1-c1cnc2ccccn12. The smallest absolute Gasteiger partial charge is 0.145 e. The molecule has 1 saturated heterocycles. The van der Waals surface area contributed by atoms with Crippen LogP contribution >= 0.6 is 0 Å². The topological polar surface area (TPSA) is 67.1 Å². The second-order valence-electron chi connectivity index (χ2n) is 5.60. The Balaban J connectivity index is 1.74. The highest BCUT2D eigenvalue weighted by atomic mass is 15.1. The Hall–Kier alpha value is -2.47. The van der Waals surface area contributed by atoms with Crippen LogP contribution in [0.5, 0.6) is 0 Å². The second-order valence-corrected chi connectivity index (χ2v) is 5.60. The molecule has 0 amide bonds. The highest BCUT2D eigenvalue weighted by molar-refractivity contribution is 5.63. The van der Waals surface area contributed by atoms with E-state index in [1.165, 1.54) is 0 Å². The Labute approximate surface area is 128 Å². The van der Waals surface area contributed by atoms with Crippen LogP contribution in [-0.4, -0.2) is 38.5 Å². The van der Waals surface area contributed by atoms with Crippen LogP contribution in [-0.2, 0) is 0 Å². The number of pyridine rings is 1. The maximum Gasteiger partial charge on any atom is 0.145 e. The van der Waals surface area contributed by atoms with E-state index in [4.69, 9.17) is 4.98 Å². The molecule has 0 aliphatic carbocycles. The van der Waals surface area contributed by atoms with E-state index in [0.29, 0.717) is 6.04 Å². The van der Waals surface area contributed by atoms with Crippen molar-refractivity contribution >= 4 is 11.5 Å². The molecule has 1 aliphatic heterocycles. The molecular formula is C16H18N6. The van der Waals surface area contributed by atoms with E-state index < -0.39 is 0 Å². The lowest BCUT2D eigenvalue weighted by Crippen LogP contribution is -2.23. The predicted octanol–water partition coefficient (Wildman–Crippen LogP) is 1.87. The largest absolute Gasteiger partial charge is 0.365 e. The molecule has 1 unspecified atom stereocenters. The zero-order valence-corrected chi connectivity index (χ0v) is 12.5. The summed E-state index contributed by atoms with van der Waals surface area (Å²) in [5.74, 6) is 0.820. The van der Waals surface area contributed by atoms with Crippen LogP contribution in [0, 0.1) is 6.92 Å². The van der Waals surface area contributed by atoms with Crippen molar-refractivity contribution in [3.8, 4) is 11.4 Å². The summed E-state index contributed by atoms with van der Waals surface area (Å²) in [4.78, 5) is 13.7. The quantitative estimate of drug-likeness (QED) is 0.772. The van der Waals surface area contributed by atoms with Gasteiger partial charge >= 0.3 is 0 Å². The highest BCUT2D eigenvalue weighted by Crippen LogP contribution is 2.23. The summed E-state index contributed by atoms with van der Waals surface area (Å²) in [7, 11) is 0. The van der Waals surface area contributed by atoms with Crippen molar-refractivity contribution in [2.45, 2.75) is 19.4 Å². The molecule has 6 heteroatoms. The molecule has 3 aromatic heterocycles. The molecule has 1 aliphatic rings. The Bertz CT molecular complexity index is 803. The molecule has 112 valence electrons. The minimum atomic E-state index is 0.423. The monoisotopic (exact) mass is 294 g/mol. The van der Waals surface area contributed by atoms with E-state index in [2.05, 4.69) is 20.6 Å². The second kappa shape index (κ2) is 5.38. The zero-order chi connectivity index (χ0) is 14.9. The number of imidazole rings is 1. The van der Waals surface area contributed by atoms with Crippen LogP contribution in [0.2, 0.25) is 0 Å². The van der Waals surface area contributed by atoms with Gasteiger partial charge in [-0.25, -0.2) is 9.97 Å². The third-order valence-electron chi connectivity index (χ3n) is 4.03. The first-order chi connectivity index (χ1) is 10.8. The minimum absolute atomic E-state index is 0.423. The van der Waals surface area contributed by atoms with Gasteiger partial charge in [0.25, 0.3) is 0 Å². The van der Waals surface area contributed by atoms with Gasteiger partial charge in [0.2, 0.25) is 0 Å². The van der Waals surface area contributed by atoms with Gasteiger partial charge in [-0.1, -0.05) is 6.07 Å². The van der Waals surface area contributed by atoms with Crippen LogP contribution in [0.4, 0.5) is 5.82 Å². The van der Waals surface area contributed by atoms with Crippen LogP contribution in [0.1, 0.15) is 12.1 Å². The number of aryl methyl sites for hydroxylation is 1. The summed E-state index contributed by atoms with van der Waals surface area (Å²) >= 11 is 0. The van der Waals surface area contributed by atoms with Crippen molar-refractivity contribution < 1.29 is 0 Å². The molecular weight excluding hydrogens is 276 g/mol. The van der Waals surface area contributed by atoms with E-state index in [1.54, 1.807) is 6.20 Å². The molecule has 3 aromatic rings. The van der Waals surface area contributed by atoms with Crippen molar-refractivity contribution in [1.29, 1.82) is 0 Å². The highest BCUT2D eigenvalue weighted by Gasteiger charge is 2.16. The first-order valence-corrected chi connectivity index (χ1v) is 7.54. The molecule has 1 fully saturated rings. The van der Waals surface area contributed by atoms with Crippen molar-refractivity contribution in [2.75, 3.05) is 18.4 Å². The lowest BCUT2D eigenvalue weighted by atomic mass is 10.2. The van der Waals surface area contributed by atoms with E-state index in [9.17, 15) is 0 Å². The number of nitrogens with one attached hydrogen (secondary N) is 2. The van der Waals surface area contributed by atoms with Crippen molar-refractivity contribution in [3.63, 3.8) is 0 Å². The summed E-state index contributed by atoms with van der Waals surface area (Å²) in [6.45, 7) is 4.00. The van der Waals surface area contributed by atoms with E-state index in [-0.39, 0.29) is 0 Å². The van der Waals surface area contributed by atoms with E-state index >= 15 is 0 Å². The van der Waals surface area contributed by atoms with Gasteiger partial charge in [-0.3, -0.25) is 9.38 Å². The normalized spacial score (nSPS) is 18.0. The number of nitrogens with zero attached hydrogens (tertiary/aromatic N) is 4. The molecule has 1 atom stereocenters. The predicted molar refractivity (Wildman–Crippen MR) is 85.9 cm³/mol. The zero-order valence-electron chi connectivity index (χ0n) is 12.5. The first-order valence-electron chi connectivity index (χ1n) is 7.54. The fourth-order valence-corrected chi connectivity index (χ4v) is 2.86. The molecule has 2 N–H and O–H groups in total. The van der Waals surface area contributed by atoms with Gasteiger partial charge < -0.3 is 10.6 Å². The van der Waals surface area contributed by atoms with E-state index in [0.717, 1.165) is 48.1 Å². The van der Waals surface area contributed by atoms with Gasteiger partial charge in [-0.2, -0.15) is 0 Å². The summed E-state index contributed by atoms with van der Waals surface area (Å²) in [6, 6.07) is 6.38. The van der Waals surface area contributed by atoms with Crippen molar-refractivity contribution in [1.82, 2.24) is 24.7 Å². The van der Waals surface area contributed by atoms with Crippen LogP contribution in [0.25, 0.3) is 17.0 Å². The van der Waals surface area contributed by atoms with E-state index in [1.807, 2.05) is 41.9 Å². The van der Waals surface area contributed by atoms with Gasteiger partial charge in [-0.05, 0) is 32.0 Å². The molecule has 0 aromatic carbocycles. The van der Waals surface area contributed by atoms with Gasteiger partial charge in [0.1, 0.15) is 17.2 Å². The molecule has 22 heavy (non-hydrogen) atoms. The number of hydrogen-bond donors (Lipinski definition) is 2. The van der Waals surface area contributed by atoms with Gasteiger partial charge in [0, 0.05) is 18.8 Å². The van der Waals surface area contributed by atoms with Crippen LogP contribution < -0.4 is 10.6 Å². The Kier molecular flexibility index (Phi) is 3.23. The first kappa shape index (κ1) is 13.2. The molecule has 6 nitrogen and oxygen atoms in total. The fourth-order valence-electron chi connectivity index (χ4n) is 2.86. The minimum Gasteiger partial charge on any atom is -0.365 e. The van der Waals surface area contributed by atoms with Gasteiger partial charge in [0.05, 0.1) is 23.8 Å². The Morgan fingerprint density at radius 3 is 3.09 bits per heavy atom. The number of fused-ring (bicyclic) bond motifs is 1. The summed E-state index contributed by atoms with van der Waals surface area (Å²) in [5.41, 5.74) is 3.65. The Morgan fingerprint density at radius 2 is 2.23 bits per heavy atom. The number of rotatable bonds is 3. The Morgan fingerprint density at radius 1 is 1.27 bits per heavy atom. The summed E-state index contributed by atoms with van der Waals surface area (Å²) in [6.07, 6.45) is 6.77. The summed E-state index contributed by atoms with van der Waals surface area (Å²) in [5, 5.41) is 6.80. The molecule has 0 bridgehead atoms. The van der Waals surface area contributed by atoms with Crippen molar-refractivity contribution in [2.24, 2.45) is 0 Å². The third-order valence-corrected chi connectivity index (χ3v) is 4.03. The third kappa shape index (κ3) is 2.31. The average Bonchev–Trinajstić information content (AvgIpc) is 3.19. The number of aromatic nitrogens is 4. The molecule has 4 heterocycles. The molecule has 0 saturated carbocycles. The lowest BCUT2D eigenvalue weighted by Gasteiger charge is -2.13. The summed E-state index contributed by atoms with van der Waals surface area (Å²) < 4.78 is 2.04. The standard InChI is InChI=1S/C16H18N6/c1-11-16(13-9-19-15-4-2-3-7-22(13)15)21-14(10-18-11)20-12-5-6-17-8-12/h2-4,7,9-10,12,17H,5-6,8H2,1H3,(H,20,21). The van der Waals surface area contributed by atoms with Gasteiger partial charge in [0.15, 0.2) is 0 Å². The maximum absolute atomic E-state index is 4.77. The average molecular weight is 294 g/mol. The number of anilines is 1. The van der Waals surface area contributed by atoms with Crippen LogP contribution in [0.3, 0.4) is 0 Å². The lowest BCUT2D eigenvalue weighted by molar-refractivity contribution is 0.786. The molecule has 0 spiro atoms. The molecule has 0 radical (unpaired) electrons.